The van der Waals surface area contributed by atoms with Crippen LogP contribution < -0.4 is 14.8 Å². The summed E-state index contributed by atoms with van der Waals surface area (Å²) in [5, 5.41) is 13.4. The molecule has 0 unspecified atom stereocenters. The van der Waals surface area contributed by atoms with E-state index < -0.39 is 5.91 Å². The Morgan fingerprint density at radius 3 is 2.50 bits per heavy atom. The van der Waals surface area contributed by atoms with Crippen LogP contribution in [0.1, 0.15) is 11.1 Å². The second-order valence-electron chi connectivity index (χ2n) is 6.54. The van der Waals surface area contributed by atoms with Gasteiger partial charge < -0.3 is 14.8 Å². The normalized spacial score (nSPS) is 10.9. The van der Waals surface area contributed by atoms with E-state index >= 15 is 0 Å². The van der Waals surface area contributed by atoms with Crippen molar-refractivity contribution in [1.29, 1.82) is 5.26 Å². The van der Waals surface area contributed by atoms with E-state index in [-0.39, 0.29) is 17.2 Å². The van der Waals surface area contributed by atoms with E-state index in [9.17, 15) is 10.1 Å². The molecule has 0 fully saturated rings. The van der Waals surface area contributed by atoms with E-state index in [0.717, 1.165) is 5.56 Å². The fourth-order valence-corrected chi connectivity index (χ4v) is 3.22. The Morgan fingerprint density at radius 1 is 1.03 bits per heavy atom. The number of rotatable bonds is 7. The third kappa shape index (κ3) is 5.95. The molecule has 0 aliphatic heterocycles. The van der Waals surface area contributed by atoms with Gasteiger partial charge in [-0.3, -0.25) is 4.79 Å². The smallest absolute Gasteiger partial charge is 0.266 e. The Bertz CT molecular complexity index is 1220. The summed E-state index contributed by atoms with van der Waals surface area (Å²) in [6.07, 6.45) is 1.44. The Kier molecular flexibility index (Phi) is 8.02. The molecule has 0 radical (unpaired) electrons. The van der Waals surface area contributed by atoms with Crippen LogP contribution in [-0.2, 0) is 11.4 Å². The minimum absolute atomic E-state index is 0.121. The van der Waals surface area contributed by atoms with Gasteiger partial charge in [-0.1, -0.05) is 53.0 Å². The first-order chi connectivity index (χ1) is 15.4. The molecule has 0 saturated carbocycles. The van der Waals surface area contributed by atoms with E-state index in [2.05, 4.69) is 5.32 Å². The molecule has 0 aromatic heterocycles. The van der Waals surface area contributed by atoms with Crippen LogP contribution in [-0.4, -0.2) is 13.0 Å². The maximum Gasteiger partial charge on any atom is 0.266 e. The van der Waals surface area contributed by atoms with Crippen LogP contribution in [0.25, 0.3) is 6.08 Å². The van der Waals surface area contributed by atoms with Crippen LogP contribution in [0.15, 0.2) is 66.2 Å². The van der Waals surface area contributed by atoms with Gasteiger partial charge in [0, 0.05) is 27.9 Å². The highest BCUT2D eigenvalue weighted by molar-refractivity contribution is 6.42. The molecule has 0 atom stereocenters. The molecule has 3 aromatic rings. The van der Waals surface area contributed by atoms with Gasteiger partial charge in [0.15, 0.2) is 0 Å². The lowest BCUT2D eigenvalue weighted by Gasteiger charge is -2.12. The zero-order valence-electron chi connectivity index (χ0n) is 16.9. The second kappa shape index (κ2) is 10.9. The van der Waals surface area contributed by atoms with Crippen molar-refractivity contribution >= 4 is 52.5 Å². The van der Waals surface area contributed by atoms with E-state index in [0.29, 0.717) is 32.8 Å². The maximum atomic E-state index is 12.6. The topological polar surface area (TPSA) is 71.3 Å². The molecule has 3 aromatic carbocycles. The number of methoxy groups -OCH3 is 1. The van der Waals surface area contributed by atoms with Gasteiger partial charge in [-0.2, -0.15) is 5.26 Å². The van der Waals surface area contributed by atoms with Crippen LogP contribution in [0.5, 0.6) is 11.5 Å². The van der Waals surface area contributed by atoms with Crippen molar-refractivity contribution in [2.45, 2.75) is 6.61 Å². The third-order valence-corrected chi connectivity index (χ3v) is 5.51. The van der Waals surface area contributed by atoms with Gasteiger partial charge in [0.05, 0.1) is 17.2 Å². The van der Waals surface area contributed by atoms with Crippen molar-refractivity contribution in [2.24, 2.45) is 0 Å². The molecule has 0 saturated heterocycles. The Balaban J connectivity index is 1.87. The number of carbonyl (C=O) groups excluding carboxylic acids is 1. The SMILES string of the molecule is COc1ccc(/C=C(\C#N)C(=O)Nc2ccc(Cl)c(Cl)c2)c(OCc2ccccc2Cl)c1. The highest BCUT2D eigenvalue weighted by atomic mass is 35.5. The lowest BCUT2D eigenvalue weighted by Crippen LogP contribution is -2.13. The number of nitrogens with zero attached hydrogens (tertiary/aromatic N) is 1. The number of halogens is 3. The zero-order valence-corrected chi connectivity index (χ0v) is 19.1. The predicted octanol–water partition coefficient (Wildman–Crippen LogP) is 6.78. The number of carbonyl (C=O) groups is 1. The number of hydrogen-bond donors (Lipinski definition) is 1. The maximum absolute atomic E-state index is 12.6. The quantitative estimate of drug-likeness (QED) is 0.294. The minimum atomic E-state index is -0.598. The molecule has 0 heterocycles. The van der Waals surface area contributed by atoms with Gasteiger partial charge in [-0.25, -0.2) is 0 Å². The highest BCUT2D eigenvalue weighted by Gasteiger charge is 2.13. The fraction of sp³-hybridized carbons (Fsp3) is 0.0833. The highest BCUT2D eigenvalue weighted by Crippen LogP contribution is 2.29. The molecule has 3 rings (SSSR count). The number of ether oxygens (including phenoxy) is 2. The molecule has 0 aliphatic rings. The van der Waals surface area contributed by atoms with Crippen molar-refractivity contribution in [1.82, 2.24) is 0 Å². The van der Waals surface area contributed by atoms with Gasteiger partial charge >= 0.3 is 0 Å². The molecular weight excluding hydrogens is 471 g/mol. The summed E-state index contributed by atoms with van der Waals surface area (Å²) in [5.41, 5.74) is 1.61. The van der Waals surface area contributed by atoms with Gasteiger partial charge in [0.25, 0.3) is 5.91 Å². The van der Waals surface area contributed by atoms with Crippen molar-refractivity contribution in [3.8, 4) is 17.6 Å². The molecule has 8 heteroatoms. The number of benzene rings is 3. The third-order valence-electron chi connectivity index (χ3n) is 4.40. The second-order valence-corrected chi connectivity index (χ2v) is 7.76. The average molecular weight is 488 g/mol. The lowest BCUT2D eigenvalue weighted by molar-refractivity contribution is -0.112. The molecule has 0 bridgehead atoms. The van der Waals surface area contributed by atoms with Crippen molar-refractivity contribution in [2.75, 3.05) is 12.4 Å². The summed E-state index contributed by atoms with van der Waals surface area (Å²) in [5.74, 6) is 0.396. The first-order valence-corrected chi connectivity index (χ1v) is 10.5. The van der Waals surface area contributed by atoms with Gasteiger partial charge in [0.1, 0.15) is 29.7 Å². The summed E-state index contributed by atoms with van der Waals surface area (Å²) < 4.78 is 11.2. The first kappa shape index (κ1) is 23.5. The molecule has 1 amide bonds. The van der Waals surface area contributed by atoms with Crippen molar-refractivity contribution < 1.29 is 14.3 Å². The number of nitriles is 1. The Morgan fingerprint density at radius 2 is 1.81 bits per heavy atom. The van der Waals surface area contributed by atoms with E-state index in [4.69, 9.17) is 44.3 Å². The van der Waals surface area contributed by atoms with Crippen LogP contribution in [0.2, 0.25) is 15.1 Å². The van der Waals surface area contributed by atoms with Crippen LogP contribution in [0, 0.1) is 11.3 Å². The summed E-state index contributed by atoms with van der Waals surface area (Å²) in [6.45, 7) is 0.199. The largest absolute Gasteiger partial charge is 0.497 e. The van der Waals surface area contributed by atoms with Gasteiger partial charge in [-0.15, -0.1) is 0 Å². The van der Waals surface area contributed by atoms with Gasteiger partial charge in [-0.05, 0) is 42.5 Å². The zero-order chi connectivity index (χ0) is 23.1. The Labute approximate surface area is 200 Å². The van der Waals surface area contributed by atoms with E-state index in [1.165, 1.54) is 19.3 Å². The van der Waals surface area contributed by atoms with Crippen LogP contribution >= 0.6 is 34.8 Å². The van der Waals surface area contributed by atoms with E-state index in [1.54, 1.807) is 36.4 Å². The standard InChI is InChI=1S/C24H17Cl3N2O3/c1-31-19-8-6-15(23(12-19)32-14-16-4-2-3-5-20(16)25)10-17(13-28)24(30)29-18-7-9-21(26)22(27)11-18/h2-12H,14H2,1H3,(H,29,30)/b17-10+. The van der Waals surface area contributed by atoms with Crippen molar-refractivity contribution in [3.63, 3.8) is 0 Å². The number of hydrogen-bond acceptors (Lipinski definition) is 4. The summed E-state index contributed by atoms with van der Waals surface area (Å²) in [4.78, 5) is 12.6. The molecule has 0 spiro atoms. The monoisotopic (exact) mass is 486 g/mol. The summed E-state index contributed by atoms with van der Waals surface area (Å²) in [6, 6.07) is 19.0. The predicted molar refractivity (Wildman–Crippen MR) is 127 cm³/mol. The fourth-order valence-electron chi connectivity index (χ4n) is 2.73. The van der Waals surface area contributed by atoms with Crippen LogP contribution in [0.4, 0.5) is 5.69 Å². The first-order valence-electron chi connectivity index (χ1n) is 9.33. The summed E-state index contributed by atoms with van der Waals surface area (Å²) in [7, 11) is 1.54. The molecule has 32 heavy (non-hydrogen) atoms. The number of anilines is 1. The molecule has 5 nitrogen and oxygen atoms in total. The van der Waals surface area contributed by atoms with Crippen molar-refractivity contribution in [3.05, 3.63) is 92.4 Å². The average Bonchev–Trinajstić information content (AvgIpc) is 2.79. The lowest BCUT2D eigenvalue weighted by atomic mass is 10.1. The van der Waals surface area contributed by atoms with Gasteiger partial charge in [0.2, 0.25) is 0 Å². The van der Waals surface area contributed by atoms with Crippen LogP contribution in [0.3, 0.4) is 0 Å². The number of amides is 1. The summed E-state index contributed by atoms with van der Waals surface area (Å²) >= 11 is 18.1. The Hall–Kier alpha value is -3.17. The molecule has 0 aliphatic carbocycles. The molecule has 162 valence electrons. The minimum Gasteiger partial charge on any atom is -0.497 e. The number of nitrogens with one attached hydrogen (secondary N) is 1. The van der Waals surface area contributed by atoms with E-state index in [1.807, 2.05) is 24.3 Å². The molecule has 1 N–H and O–H groups in total. The molecular formula is C24H17Cl3N2O3.